The van der Waals surface area contributed by atoms with Crippen LogP contribution in [0.4, 0.5) is 8.78 Å². The lowest BCUT2D eigenvalue weighted by atomic mass is 10.1. The molecule has 2 aromatic rings. The maximum atomic E-state index is 13.8. The van der Waals surface area contributed by atoms with Crippen LogP contribution in [0.2, 0.25) is 0 Å². The summed E-state index contributed by atoms with van der Waals surface area (Å²) in [5.74, 6) is -2.43. The smallest absolute Gasteiger partial charge is 0.290 e. The van der Waals surface area contributed by atoms with Gasteiger partial charge in [0.25, 0.3) is 11.7 Å². The number of hydrogen-bond acceptors (Lipinski definition) is 6. The van der Waals surface area contributed by atoms with E-state index >= 15 is 0 Å². The van der Waals surface area contributed by atoms with Crippen molar-refractivity contribution in [1.82, 2.24) is 15.0 Å². The number of carbonyl (C=O) groups is 1. The van der Waals surface area contributed by atoms with Crippen LogP contribution in [-0.4, -0.2) is 39.1 Å². The van der Waals surface area contributed by atoms with E-state index in [4.69, 9.17) is 10.3 Å². The monoisotopic (exact) mass is 338 g/mol. The lowest BCUT2D eigenvalue weighted by Crippen LogP contribution is -2.29. The lowest BCUT2D eigenvalue weighted by Gasteiger charge is -2.24. The van der Waals surface area contributed by atoms with E-state index in [0.717, 1.165) is 18.6 Å². The number of aromatic nitrogens is 2. The van der Waals surface area contributed by atoms with Crippen molar-refractivity contribution >= 4 is 5.91 Å². The van der Waals surface area contributed by atoms with Crippen molar-refractivity contribution in [2.75, 3.05) is 13.1 Å². The van der Waals surface area contributed by atoms with Crippen LogP contribution in [0.5, 0.6) is 0 Å². The maximum absolute atomic E-state index is 13.8. The van der Waals surface area contributed by atoms with E-state index in [1.807, 2.05) is 0 Å². The highest BCUT2D eigenvalue weighted by molar-refractivity contribution is 5.88. The van der Waals surface area contributed by atoms with E-state index in [0.29, 0.717) is 13.0 Å². The highest BCUT2D eigenvalue weighted by Crippen LogP contribution is 2.33. The van der Waals surface area contributed by atoms with E-state index in [1.165, 1.54) is 6.07 Å². The molecule has 3 rings (SSSR count). The standard InChI is InChI=1S/C15H16F2N4O3/c16-8-3-1-4-9(17)12(8)11(22)7-21-6-2-5-10(21)15-19-14(13(18)23)20-24-15/h1,3-4,10-11,22H,2,5-7H2,(H2,18,23)/t10-,11-/m0/s1. The highest BCUT2D eigenvalue weighted by Gasteiger charge is 2.33. The number of nitrogens with two attached hydrogens (primary N) is 1. The van der Waals surface area contributed by atoms with Gasteiger partial charge in [0.2, 0.25) is 5.89 Å². The molecule has 0 aliphatic carbocycles. The zero-order chi connectivity index (χ0) is 17.3. The molecule has 2 heterocycles. The van der Waals surface area contributed by atoms with Crippen LogP contribution in [0.3, 0.4) is 0 Å². The minimum atomic E-state index is -1.34. The molecule has 3 N–H and O–H groups in total. The van der Waals surface area contributed by atoms with Gasteiger partial charge in [-0.25, -0.2) is 8.78 Å². The Bertz CT molecular complexity index is 732. The Morgan fingerprint density at radius 1 is 1.46 bits per heavy atom. The lowest BCUT2D eigenvalue weighted by molar-refractivity contribution is 0.0915. The zero-order valence-corrected chi connectivity index (χ0v) is 12.7. The Kier molecular flexibility index (Phi) is 4.54. The Hall–Kier alpha value is -2.39. The molecule has 24 heavy (non-hydrogen) atoms. The third kappa shape index (κ3) is 3.13. The summed E-state index contributed by atoms with van der Waals surface area (Å²) in [5, 5.41) is 13.7. The Morgan fingerprint density at radius 3 is 2.79 bits per heavy atom. The fourth-order valence-electron chi connectivity index (χ4n) is 2.94. The summed E-state index contributed by atoms with van der Waals surface area (Å²) in [6.07, 6.45) is 0.100. The molecule has 9 heteroatoms. The third-order valence-electron chi connectivity index (χ3n) is 4.05. The van der Waals surface area contributed by atoms with Crippen molar-refractivity contribution < 1.29 is 23.2 Å². The summed E-state index contributed by atoms with van der Waals surface area (Å²) >= 11 is 0. The predicted molar refractivity (Wildman–Crippen MR) is 77.7 cm³/mol. The van der Waals surface area contributed by atoms with Crippen molar-refractivity contribution in [3.05, 3.63) is 47.1 Å². The molecular weight excluding hydrogens is 322 g/mol. The summed E-state index contributed by atoms with van der Waals surface area (Å²) in [6.45, 7) is 0.586. The average Bonchev–Trinajstić information content (AvgIpc) is 3.15. The van der Waals surface area contributed by atoms with Crippen LogP contribution in [0, 0.1) is 11.6 Å². The van der Waals surface area contributed by atoms with Crippen molar-refractivity contribution in [2.45, 2.75) is 25.0 Å². The molecule has 0 spiro atoms. The van der Waals surface area contributed by atoms with Gasteiger partial charge in [-0.3, -0.25) is 9.69 Å². The molecule has 7 nitrogen and oxygen atoms in total. The van der Waals surface area contributed by atoms with E-state index < -0.39 is 23.6 Å². The van der Waals surface area contributed by atoms with Gasteiger partial charge in [-0.15, -0.1) is 0 Å². The molecule has 0 bridgehead atoms. The van der Waals surface area contributed by atoms with Crippen LogP contribution in [0.15, 0.2) is 22.7 Å². The first-order chi connectivity index (χ1) is 11.5. The first-order valence-corrected chi connectivity index (χ1v) is 7.46. The van der Waals surface area contributed by atoms with Crippen molar-refractivity contribution in [3.63, 3.8) is 0 Å². The quantitative estimate of drug-likeness (QED) is 0.852. The highest BCUT2D eigenvalue weighted by atomic mass is 19.1. The average molecular weight is 338 g/mol. The molecule has 0 saturated carbocycles. The number of β-amino-alcohol motifs (C(OH)–C–C–N with tert-alkyl or cyclic N) is 1. The van der Waals surface area contributed by atoms with Gasteiger partial charge in [-0.1, -0.05) is 11.2 Å². The predicted octanol–water partition coefficient (Wildman–Crippen LogP) is 1.32. The van der Waals surface area contributed by atoms with Gasteiger partial charge in [0.05, 0.1) is 17.7 Å². The molecule has 1 aromatic heterocycles. The molecule has 1 fully saturated rings. The molecule has 1 saturated heterocycles. The van der Waals surface area contributed by atoms with E-state index in [9.17, 15) is 18.7 Å². The SMILES string of the molecule is NC(=O)c1noc([C@@H]2CCCN2C[C@H](O)c2c(F)cccc2F)n1. The number of likely N-dealkylation sites (tertiary alicyclic amines) is 1. The number of halogens is 2. The Labute approximate surface area is 136 Å². The second-order valence-corrected chi connectivity index (χ2v) is 5.62. The molecule has 1 amide bonds. The molecule has 1 aliphatic rings. The third-order valence-corrected chi connectivity index (χ3v) is 4.05. The van der Waals surface area contributed by atoms with Crippen molar-refractivity contribution in [3.8, 4) is 0 Å². The normalized spacial score (nSPS) is 19.5. The number of rotatable bonds is 5. The number of hydrogen-bond donors (Lipinski definition) is 2. The fourth-order valence-corrected chi connectivity index (χ4v) is 2.94. The fraction of sp³-hybridized carbons (Fsp3) is 0.400. The van der Waals surface area contributed by atoms with Crippen molar-refractivity contribution in [1.29, 1.82) is 0 Å². The number of aliphatic hydroxyl groups is 1. The van der Waals surface area contributed by atoms with Gasteiger partial charge < -0.3 is 15.4 Å². The molecule has 2 atom stereocenters. The van der Waals surface area contributed by atoms with Gasteiger partial charge in [0.1, 0.15) is 11.6 Å². The molecule has 0 unspecified atom stereocenters. The topological polar surface area (TPSA) is 105 Å². The van der Waals surface area contributed by atoms with Crippen LogP contribution in [0.1, 0.15) is 47.1 Å². The largest absolute Gasteiger partial charge is 0.387 e. The first-order valence-electron chi connectivity index (χ1n) is 7.46. The maximum Gasteiger partial charge on any atom is 0.290 e. The summed E-state index contributed by atoms with van der Waals surface area (Å²) in [5.41, 5.74) is 4.72. The number of primary amides is 1. The van der Waals surface area contributed by atoms with Gasteiger partial charge in [-0.2, -0.15) is 4.98 Å². The number of amides is 1. The van der Waals surface area contributed by atoms with Crippen LogP contribution < -0.4 is 5.73 Å². The summed E-state index contributed by atoms with van der Waals surface area (Å²) in [6, 6.07) is 3.10. The van der Waals surface area contributed by atoms with Gasteiger partial charge >= 0.3 is 0 Å². The van der Waals surface area contributed by atoms with Crippen molar-refractivity contribution in [2.24, 2.45) is 5.73 Å². The summed E-state index contributed by atoms with van der Waals surface area (Å²) < 4.78 is 32.6. The van der Waals surface area contributed by atoms with Gasteiger partial charge in [0.15, 0.2) is 0 Å². The molecule has 128 valence electrons. The summed E-state index contributed by atoms with van der Waals surface area (Å²) in [7, 11) is 0. The van der Waals surface area contributed by atoms with Crippen LogP contribution >= 0.6 is 0 Å². The van der Waals surface area contributed by atoms with Crippen LogP contribution in [-0.2, 0) is 0 Å². The van der Waals surface area contributed by atoms with E-state index in [-0.39, 0.29) is 29.9 Å². The zero-order valence-electron chi connectivity index (χ0n) is 12.7. The Morgan fingerprint density at radius 2 is 2.17 bits per heavy atom. The van der Waals surface area contributed by atoms with E-state index in [1.54, 1.807) is 4.90 Å². The minimum absolute atomic E-state index is 0.00317. The van der Waals surface area contributed by atoms with E-state index in [2.05, 4.69) is 10.1 Å². The molecule has 0 radical (unpaired) electrons. The number of benzene rings is 1. The van der Waals surface area contributed by atoms with Gasteiger partial charge in [0, 0.05) is 6.54 Å². The molecular formula is C15H16F2N4O3. The van der Waals surface area contributed by atoms with Crippen LogP contribution in [0.25, 0.3) is 0 Å². The Balaban J connectivity index is 1.77. The number of carbonyl (C=O) groups excluding carboxylic acids is 1. The second kappa shape index (κ2) is 6.62. The number of nitrogens with zero attached hydrogens (tertiary/aromatic N) is 3. The van der Waals surface area contributed by atoms with Gasteiger partial charge in [-0.05, 0) is 31.5 Å². The molecule has 1 aromatic carbocycles. The second-order valence-electron chi connectivity index (χ2n) is 5.62. The molecule has 1 aliphatic heterocycles. The summed E-state index contributed by atoms with van der Waals surface area (Å²) in [4.78, 5) is 16.8. The number of aliphatic hydroxyl groups excluding tert-OH is 1. The first kappa shape index (κ1) is 16.5. The minimum Gasteiger partial charge on any atom is -0.387 e.